The molecule has 2 aliphatic rings. The fourth-order valence-corrected chi connectivity index (χ4v) is 8.39. The second-order valence-electron chi connectivity index (χ2n) is 18.2. The third-order valence-electron chi connectivity index (χ3n) is 13.0. The third kappa shape index (κ3) is 14.9. The van der Waals surface area contributed by atoms with Gasteiger partial charge in [0.05, 0.1) is 5.69 Å². The zero-order valence-corrected chi connectivity index (χ0v) is 43.8. The molecule has 0 N–H and O–H groups in total. The molecule has 6 aromatic carbocycles. The SMILES string of the molecule is C=C/C(C)=C\C.C=C/C=C(/C)C=C.C=Cc1ccccc1/C(=C\C)N(c1ccc(C)cc1)c1ccc(C2(C)C=CC(N(C3=CCC(CC)C=C3)c3cccc4ccccc34)=CC2)cc1.Cc1ccccc1. The van der Waals surface area contributed by atoms with E-state index in [-0.39, 0.29) is 5.41 Å². The molecule has 2 heteroatoms. The highest BCUT2D eigenvalue weighted by molar-refractivity contribution is 5.96. The van der Waals surface area contributed by atoms with Crippen LogP contribution in [-0.4, -0.2) is 0 Å². The lowest BCUT2D eigenvalue weighted by Crippen LogP contribution is -2.27. The van der Waals surface area contributed by atoms with E-state index in [1.165, 1.54) is 50.1 Å². The number of rotatable bonds is 13. The van der Waals surface area contributed by atoms with Gasteiger partial charge in [0.2, 0.25) is 0 Å². The summed E-state index contributed by atoms with van der Waals surface area (Å²) in [6.45, 7) is 31.7. The summed E-state index contributed by atoms with van der Waals surface area (Å²) in [5.74, 6) is 0.604. The highest BCUT2D eigenvalue weighted by Gasteiger charge is 2.29. The molecule has 8 rings (SSSR count). The second-order valence-corrected chi connectivity index (χ2v) is 18.2. The van der Waals surface area contributed by atoms with Crippen LogP contribution in [0.4, 0.5) is 17.1 Å². The van der Waals surface area contributed by atoms with Gasteiger partial charge in [-0.1, -0.05) is 245 Å². The number of anilines is 3. The van der Waals surface area contributed by atoms with Crippen LogP contribution >= 0.6 is 0 Å². The Kier molecular flexibility index (Phi) is 21.0. The van der Waals surface area contributed by atoms with Gasteiger partial charge >= 0.3 is 0 Å². The maximum atomic E-state index is 4.11. The fourth-order valence-electron chi connectivity index (χ4n) is 8.39. The zero-order valence-electron chi connectivity index (χ0n) is 43.8. The van der Waals surface area contributed by atoms with Crippen molar-refractivity contribution in [2.24, 2.45) is 5.92 Å². The van der Waals surface area contributed by atoms with Crippen LogP contribution in [0.3, 0.4) is 0 Å². The van der Waals surface area contributed by atoms with Crippen LogP contribution in [0.2, 0.25) is 0 Å². The highest BCUT2D eigenvalue weighted by atomic mass is 15.2. The summed E-state index contributed by atoms with van der Waals surface area (Å²) in [7, 11) is 0. The summed E-state index contributed by atoms with van der Waals surface area (Å²) < 4.78 is 0. The van der Waals surface area contributed by atoms with Crippen LogP contribution in [0.15, 0.2) is 267 Å². The molecule has 6 aromatic rings. The van der Waals surface area contributed by atoms with Crippen molar-refractivity contribution in [1.82, 2.24) is 0 Å². The van der Waals surface area contributed by atoms with Crippen molar-refractivity contribution in [2.75, 3.05) is 9.80 Å². The first kappa shape index (κ1) is 54.3. The number of hydrogen-bond acceptors (Lipinski definition) is 2. The van der Waals surface area contributed by atoms with E-state index in [9.17, 15) is 0 Å². The Morgan fingerprint density at radius 3 is 1.77 bits per heavy atom. The molecule has 2 unspecified atom stereocenters. The first-order chi connectivity index (χ1) is 34.4. The smallest absolute Gasteiger partial charge is 0.0539 e. The predicted octanol–water partition coefficient (Wildman–Crippen LogP) is 19.9. The van der Waals surface area contributed by atoms with Gasteiger partial charge < -0.3 is 9.80 Å². The van der Waals surface area contributed by atoms with Crippen molar-refractivity contribution < 1.29 is 0 Å². The van der Waals surface area contributed by atoms with Gasteiger partial charge in [0.25, 0.3) is 0 Å². The Bertz CT molecular complexity index is 2920. The van der Waals surface area contributed by atoms with Crippen molar-refractivity contribution in [3.63, 3.8) is 0 Å². The molecular formula is C69H76N2. The van der Waals surface area contributed by atoms with E-state index in [0.717, 1.165) is 53.0 Å². The summed E-state index contributed by atoms with van der Waals surface area (Å²) in [4.78, 5) is 4.82. The van der Waals surface area contributed by atoms with Crippen molar-refractivity contribution in [3.05, 3.63) is 295 Å². The van der Waals surface area contributed by atoms with Crippen molar-refractivity contribution in [2.45, 2.75) is 80.1 Å². The lowest BCUT2D eigenvalue weighted by Gasteiger charge is -2.35. The van der Waals surface area contributed by atoms with Gasteiger partial charge in [-0.15, -0.1) is 0 Å². The number of hydrogen-bond donors (Lipinski definition) is 0. The Morgan fingerprint density at radius 1 is 0.648 bits per heavy atom. The van der Waals surface area contributed by atoms with E-state index in [4.69, 9.17) is 0 Å². The predicted molar refractivity (Wildman–Crippen MR) is 316 cm³/mol. The van der Waals surface area contributed by atoms with E-state index in [1.54, 1.807) is 12.2 Å². The molecule has 0 aliphatic heterocycles. The van der Waals surface area contributed by atoms with Crippen LogP contribution in [0, 0.1) is 19.8 Å². The molecule has 0 saturated carbocycles. The molecule has 0 fully saturated rings. The second kappa shape index (κ2) is 27.5. The quantitative estimate of drug-likeness (QED) is 0.107. The van der Waals surface area contributed by atoms with Crippen molar-refractivity contribution >= 4 is 39.6 Å². The van der Waals surface area contributed by atoms with Gasteiger partial charge in [0, 0.05) is 44.8 Å². The highest BCUT2D eigenvalue weighted by Crippen LogP contribution is 2.42. The van der Waals surface area contributed by atoms with Gasteiger partial charge in [-0.3, -0.25) is 0 Å². The molecule has 71 heavy (non-hydrogen) atoms. The molecule has 0 saturated heterocycles. The van der Waals surface area contributed by atoms with Crippen LogP contribution < -0.4 is 9.80 Å². The molecule has 0 radical (unpaired) electrons. The van der Waals surface area contributed by atoms with E-state index in [0.29, 0.717) is 5.92 Å². The third-order valence-corrected chi connectivity index (χ3v) is 13.0. The van der Waals surface area contributed by atoms with Gasteiger partial charge in [0.1, 0.15) is 0 Å². The minimum atomic E-state index is -0.135. The summed E-state index contributed by atoms with van der Waals surface area (Å²) in [5.41, 5.74) is 15.4. The molecule has 2 aliphatic carbocycles. The number of benzene rings is 6. The minimum absolute atomic E-state index is 0.135. The van der Waals surface area contributed by atoms with E-state index < -0.39 is 0 Å². The molecule has 362 valence electrons. The van der Waals surface area contributed by atoms with Gasteiger partial charge in [-0.2, -0.15) is 0 Å². The topological polar surface area (TPSA) is 6.48 Å². The Morgan fingerprint density at radius 2 is 1.25 bits per heavy atom. The molecule has 0 aromatic heterocycles. The van der Waals surface area contributed by atoms with Crippen molar-refractivity contribution in [3.8, 4) is 0 Å². The monoisotopic (exact) mass is 933 g/mol. The Balaban J connectivity index is 0.000000391. The Labute approximate surface area is 428 Å². The first-order valence-corrected chi connectivity index (χ1v) is 25.0. The average Bonchev–Trinajstić information content (AvgIpc) is 3.42. The summed E-state index contributed by atoms with van der Waals surface area (Å²) in [6.07, 6.45) is 30.9. The largest absolute Gasteiger partial charge is 0.311 e. The maximum absolute atomic E-state index is 4.11. The lowest BCUT2D eigenvalue weighted by atomic mass is 9.76. The van der Waals surface area contributed by atoms with Crippen LogP contribution in [0.25, 0.3) is 22.5 Å². The summed E-state index contributed by atoms with van der Waals surface area (Å²) in [5, 5.41) is 2.52. The van der Waals surface area contributed by atoms with E-state index in [1.807, 2.05) is 63.3 Å². The maximum Gasteiger partial charge on any atom is 0.0539 e. The minimum Gasteiger partial charge on any atom is -0.311 e. The Hall–Kier alpha value is -7.68. The standard InChI is InChI=1S/C49H48N2.C7H8.C7H10.C6H10/c1-6-37-22-28-42(29-23-37)51(48-19-13-16-39-15-10-12-18-46(39)48)44-32-34-49(5,35-33-44)40-24-30-43(31-25-40)50(41-26-20-36(4)21-27-41)47(8-3)45-17-11-9-14-38(45)7-2;1-7-5-3-2-4-6-7;1-4-6-7(3)5-2;1-4-6(3)5-2/h7-22,24-34,37H,2,6,23,35H2,1,3-5H3;2-6H,1H3;4-6H,1-2H2,3H3;4-5H,1H2,2-3H3/b47-8+;;7-6-;6-5-. The van der Waals surface area contributed by atoms with Crippen molar-refractivity contribution in [1.29, 1.82) is 0 Å². The number of allylic oxidation sites excluding steroid dienone is 14. The molecule has 2 nitrogen and oxygen atoms in total. The summed E-state index contributed by atoms with van der Waals surface area (Å²) in [6, 6.07) is 52.1. The summed E-state index contributed by atoms with van der Waals surface area (Å²) >= 11 is 0. The van der Waals surface area contributed by atoms with Crippen LogP contribution in [-0.2, 0) is 5.41 Å². The van der Waals surface area contributed by atoms with Crippen LogP contribution in [0.1, 0.15) is 88.6 Å². The first-order valence-electron chi connectivity index (χ1n) is 25.0. The average molecular weight is 933 g/mol. The molecular weight excluding hydrogens is 857 g/mol. The van der Waals surface area contributed by atoms with Crippen LogP contribution in [0.5, 0.6) is 0 Å². The molecule has 0 heterocycles. The van der Waals surface area contributed by atoms with E-state index in [2.05, 4.69) is 241 Å². The van der Waals surface area contributed by atoms with Gasteiger partial charge in [-0.05, 0) is 126 Å². The lowest BCUT2D eigenvalue weighted by molar-refractivity contribution is 0.594. The fraction of sp³-hybridized carbons (Fsp3) is 0.188. The van der Waals surface area contributed by atoms with Gasteiger partial charge in [0.15, 0.2) is 0 Å². The van der Waals surface area contributed by atoms with Gasteiger partial charge in [-0.25, -0.2) is 0 Å². The van der Waals surface area contributed by atoms with E-state index >= 15 is 0 Å². The molecule has 0 amide bonds. The molecule has 2 atom stereocenters. The molecule has 0 spiro atoms. The normalized spacial score (nSPS) is 16.3. The zero-order chi connectivity index (χ0) is 51.2. The number of aryl methyl sites for hydroxylation is 2. The molecule has 0 bridgehead atoms. The number of nitrogens with zero attached hydrogens (tertiary/aromatic N) is 2. The number of fused-ring (bicyclic) bond motifs is 1.